The van der Waals surface area contributed by atoms with E-state index in [4.69, 9.17) is 4.74 Å². The second-order valence-electron chi connectivity index (χ2n) is 5.83. The summed E-state index contributed by atoms with van der Waals surface area (Å²) in [5, 5.41) is 1.92. The lowest BCUT2D eigenvalue weighted by Crippen LogP contribution is -2.34. The van der Waals surface area contributed by atoms with E-state index in [9.17, 15) is 9.18 Å². The van der Waals surface area contributed by atoms with Crippen LogP contribution in [0.2, 0.25) is 0 Å². The molecule has 0 radical (unpaired) electrons. The molecule has 6 heteroatoms. The molecule has 0 N–H and O–H groups in total. The van der Waals surface area contributed by atoms with Crippen molar-refractivity contribution >= 4 is 17.2 Å². The molecule has 1 amide bonds. The molecule has 128 valence electrons. The highest BCUT2D eigenvalue weighted by atomic mass is 32.1. The van der Waals surface area contributed by atoms with Crippen LogP contribution in [0.25, 0.3) is 0 Å². The Hall–Kier alpha value is -1.92. The maximum absolute atomic E-state index is 14.3. The summed E-state index contributed by atoms with van der Waals surface area (Å²) < 4.78 is 19.3. The standard InChI is InChI=1S/C18H21FN2O2S/c1-23-15-6-2-5-14(17(15)19)13-20-8-4-9-21(11-10-20)18(22)16-7-3-12-24-16/h2-3,5-7,12H,4,8-11,13H2,1H3. The monoisotopic (exact) mass is 348 g/mol. The van der Waals surface area contributed by atoms with Crippen LogP contribution in [0.4, 0.5) is 4.39 Å². The first-order chi connectivity index (χ1) is 11.7. The van der Waals surface area contributed by atoms with Crippen molar-refractivity contribution in [1.29, 1.82) is 0 Å². The molecule has 3 rings (SSSR count). The van der Waals surface area contributed by atoms with Crippen molar-refractivity contribution in [2.45, 2.75) is 13.0 Å². The van der Waals surface area contributed by atoms with Crippen molar-refractivity contribution in [2.24, 2.45) is 0 Å². The number of halogens is 1. The van der Waals surface area contributed by atoms with E-state index in [1.165, 1.54) is 18.4 Å². The molecular weight excluding hydrogens is 327 g/mol. The maximum atomic E-state index is 14.3. The van der Waals surface area contributed by atoms with E-state index in [0.29, 0.717) is 18.7 Å². The summed E-state index contributed by atoms with van der Waals surface area (Å²) in [7, 11) is 1.47. The summed E-state index contributed by atoms with van der Waals surface area (Å²) >= 11 is 1.47. The highest BCUT2D eigenvalue weighted by Crippen LogP contribution is 2.22. The number of hydrogen-bond donors (Lipinski definition) is 0. The van der Waals surface area contributed by atoms with E-state index in [1.807, 2.05) is 28.5 Å². The van der Waals surface area contributed by atoms with Gasteiger partial charge in [-0.2, -0.15) is 0 Å². The van der Waals surface area contributed by atoms with Gasteiger partial charge in [-0.15, -0.1) is 11.3 Å². The molecule has 0 saturated carbocycles. The van der Waals surface area contributed by atoms with Crippen molar-refractivity contribution in [3.05, 3.63) is 52.0 Å². The summed E-state index contributed by atoms with van der Waals surface area (Å²) in [5.74, 6) is 0.0759. The Morgan fingerprint density at radius 2 is 2.08 bits per heavy atom. The molecule has 0 atom stereocenters. The van der Waals surface area contributed by atoms with Gasteiger partial charge in [0.1, 0.15) is 0 Å². The van der Waals surface area contributed by atoms with E-state index in [2.05, 4.69) is 4.90 Å². The number of carbonyl (C=O) groups is 1. The fourth-order valence-electron chi connectivity index (χ4n) is 2.97. The number of rotatable bonds is 4. The van der Waals surface area contributed by atoms with Gasteiger partial charge in [-0.25, -0.2) is 4.39 Å². The van der Waals surface area contributed by atoms with Crippen molar-refractivity contribution in [3.8, 4) is 5.75 Å². The highest BCUT2D eigenvalue weighted by Gasteiger charge is 2.21. The number of benzene rings is 1. The number of hydrogen-bond acceptors (Lipinski definition) is 4. The third-order valence-electron chi connectivity index (χ3n) is 4.26. The summed E-state index contributed by atoms with van der Waals surface area (Å²) in [5.41, 5.74) is 0.632. The molecule has 0 spiro atoms. The van der Waals surface area contributed by atoms with Crippen LogP contribution >= 0.6 is 11.3 Å². The topological polar surface area (TPSA) is 32.8 Å². The SMILES string of the molecule is COc1cccc(CN2CCCN(C(=O)c3cccs3)CC2)c1F. The van der Waals surface area contributed by atoms with Gasteiger partial charge in [0.25, 0.3) is 5.91 Å². The van der Waals surface area contributed by atoms with Crippen molar-refractivity contribution < 1.29 is 13.9 Å². The fourth-order valence-corrected chi connectivity index (χ4v) is 3.66. The first kappa shape index (κ1) is 16.9. The highest BCUT2D eigenvalue weighted by molar-refractivity contribution is 7.12. The van der Waals surface area contributed by atoms with E-state index in [0.717, 1.165) is 30.9 Å². The molecule has 0 unspecified atom stereocenters. The lowest BCUT2D eigenvalue weighted by atomic mass is 10.2. The normalized spacial score (nSPS) is 16.0. The zero-order chi connectivity index (χ0) is 16.9. The lowest BCUT2D eigenvalue weighted by Gasteiger charge is -2.22. The van der Waals surface area contributed by atoms with Gasteiger partial charge in [-0.3, -0.25) is 9.69 Å². The number of methoxy groups -OCH3 is 1. The quantitative estimate of drug-likeness (QED) is 0.850. The molecule has 24 heavy (non-hydrogen) atoms. The Bertz CT molecular complexity index is 690. The number of carbonyl (C=O) groups excluding carboxylic acids is 1. The van der Waals surface area contributed by atoms with Crippen LogP contribution in [-0.2, 0) is 6.54 Å². The van der Waals surface area contributed by atoms with Crippen molar-refractivity contribution in [3.63, 3.8) is 0 Å². The average molecular weight is 348 g/mol. The Balaban J connectivity index is 1.63. The zero-order valence-corrected chi connectivity index (χ0v) is 14.5. The maximum Gasteiger partial charge on any atom is 0.263 e. The Morgan fingerprint density at radius 3 is 2.83 bits per heavy atom. The van der Waals surface area contributed by atoms with Crippen LogP contribution < -0.4 is 4.74 Å². The van der Waals surface area contributed by atoms with Crippen LogP contribution in [-0.4, -0.2) is 49.0 Å². The Morgan fingerprint density at radius 1 is 1.21 bits per heavy atom. The summed E-state index contributed by atoms with van der Waals surface area (Å²) in [6.07, 6.45) is 0.892. The van der Waals surface area contributed by atoms with Gasteiger partial charge in [-0.05, 0) is 23.9 Å². The molecule has 1 aliphatic rings. The summed E-state index contributed by atoms with van der Waals surface area (Å²) in [6.45, 7) is 3.54. The number of ether oxygens (including phenoxy) is 1. The molecule has 2 aromatic rings. The third kappa shape index (κ3) is 3.76. The first-order valence-corrected chi connectivity index (χ1v) is 8.93. The van der Waals surface area contributed by atoms with Gasteiger partial charge in [0, 0.05) is 38.3 Å². The molecule has 1 aliphatic heterocycles. The summed E-state index contributed by atoms with van der Waals surface area (Å²) in [4.78, 5) is 17.3. The largest absolute Gasteiger partial charge is 0.494 e. The van der Waals surface area contributed by atoms with Crippen LogP contribution in [0.5, 0.6) is 5.75 Å². The Labute approximate surface area is 145 Å². The van der Waals surface area contributed by atoms with Gasteiger partial charge < -0.3 is 9.64 Å². The van der Waals surface area contributed by atoms with Crippen LogP contribution in [0.1, 0.15) is 21.7 Å². The molecule has 1 saturated heterocycles. The van der Waals surface area contributed by atoms with E-state index >= 15 is 0 Å². The molecule has 1 fully saturated rings. The van der Waals surface area contributed by atoms with E-state index < -0.39 is 0 Å². The van der Waals surface area contributed by atoms with Crippen LogP contribution in [0.3, 0.4) is 0 Å². The fraction of sp³-hybridized carbons (Fsp3) is 0.389. The van der Waals surface area contributed by atoms with Crippen molar-refractivity contribution in [1.82, 2.24) is 9.80 Å². The van der Waals surface area contributed by atoms with Crippen molar-refractivity contribution in [2.75, 3.05) is 33.3 Å². The van der Waals surface area contributed by atoms with Crippen LogP contribution in [0.15, 0.2) is 35.7 Å². The second-order valence-corrected chi connectivity index (χ2v) is 6.78. The Kier molecular flexibility index (Phi) is 5.48. The number of nitrogens with zero attached hydrogens (tertiary/aromatic N) is 2. The second kappa shape index (κ2) is 7.77. The van der Waals surface area contributed by atoms with Gasteiger partial charge in [-0.1, -0.05) is 18.2 Å². The lowest BCUT2D eigenvalue weighted by molar-refractivity contribution is 0.0766. The molecular formula is C18H21FN2O2S. The smallest absolute Gasteiger partial charge is 0.263 e. The van der Waals surface area contributed by atoms with E-state index in [1.54, 1.807) is 12.1 Å². The predicted octanol–water partition coefficient (Wildman–Crippen LogP) is 3.24. The van der Waals surface area contributed by atoms with Gasteiger partial charge in [0.2, 0.25) is 0 Å². The molecule has 0 bridgehead atoms. The number of thiophene rings is 1. The molecule has 2 heterocycles. The summed E-state index contributed by atoms with van der Waals surface area (Å²) in [6, 6.07) is 8.98. The zero-order valence-electron chi connectivity index (χ0n) is 13.7. The number of amides is 1. The molecule has 1 aromatic heterocycles. The van der Waals surface area contributed by atoms with E-state index in [-0.39, 0.29) is 17.5 Å². The molecule has 1 aromatic carbocycles. The van der Waals surface area contributed by atoms with Gasteiger partial charge >= 0.3 is 0 Å². The molecule has 0 aliphatic carbocycles. The van der Waals surface area contributed by atoms with Gasteiger partial charge in [0.05, 0.1) is 12.0 Å². The average Bonchev–Trinajstić information content (AvgIpc) is 3.03. The van der Waals surface area contributed by atoms with Crippen LogP contribution in [0, 0.1) is 5.82 Å². The molecule has 4 nitrogen and oxygen atoms in total. The minimum absolute atomic E-state index is 0.0967. The minimum atomic E-state index is -0.296. The third-order valence-corrected chi connectivity index (χ3v) is 5.12. The first-order valence-electron chi connectivity index (χ1n) is 8.05. The van der Waals surface area contributed by atoms with Gasteiger partial charge in [0.15, 0.2) is 11.6 Å². The minimum Gasteiger partial charge on any atom is -0.494 e. The predicted molar refractivity (Wildman–Crippen MR) is 93.1 cm³/mol.